The number of amides is 1. The zero-order valence-electron chi connectivity index (χ0n) is 16.8. The van der Waals surface area contributed by atoms with E-state index in [2.05, 4.69) is 41.3 Å². The van der Waals surface area contributed by atoms with Crippen molar-refractivity contribution >= 4 is 38.9 Å². The summed E-state index contributed by atoms with van der Waals surface area (Å²) in [6.07, 6.45) is 11.1. The van der Waals surface area contributed by atoms with Gasteiger partial charge in [0.2, 0.25) is 5.91 Å². The molecule has 150 valence electrons. The predicted molar refractivity (Wildman–Crippen MR) is 121 cm³/mol. The quantitative estimate of drug-likeness (QED) is 0.431. The van der Waals surface area contributed by atoms with Crippen molar-refractivity contribution < 1.29 is 9.90 Å². The Labute approximate surface area is 174 Å². The Morgan fingerprint density at radius 2 is 2.17 bits per heavy atom. The molecule has 1 amide bonds. The van der Waals surface area contributed by atoms with Gasteiger partial charge in [0.15, 0.2) is 5.13 Å². The molecule has 0 saturated carbocycles. The number of hydrogen-bond donors (Lipinski definition) is 3. The molecule has 0 spiro atoms. The summed E-state index contributed by atoms with van der Waals surface area (Å²) >= 11 is 1.40. The van der Waals surface area contributed by atoms with Gasteiger partial charge in [-0.25, -0.2) is 4.98 Å². The Morgan fingerprint density at radius 1 is 1.34 bits per heavy atom. The van der Waals surface area contributed by atoms with Crippen molar-refractivity contribution in [3.8, 4) is 5.75 Å². The zero-order chi connectivity index (χ0) is 20.8. The number of fused-ring (bicyclic) bond motifs is 1. The summed E-state index contributed by atoms with van der Waals surface area (Å²) < 4.78 is 0. The molecule has 0 aliphatic carbocycles. The molecule has 2 aromatic heterocycles. The first-order valence-electron chi connectivity index (χ1n) is 9.55. The van der Waals surface area contributed by atoms with Gasteiger partial charge in [-0.15, -0.1) is 11.3 Å². The lowest BCUT2D eigenvalue weighted by Crippen LogP contribution is -2.14. The molecule has 3 aromatic rings. The third-order valence-electron chi connectivity index (χ3n) is 4.60. The van der Waals surface area contributed by atoms with E-state index in [9.17, 15) is 9.90 Å². The number of phenolic OH excluding ortho intramolecular Hbond substituents is 1. The summed E-state index contributed by atoms with van der Waals surface area (Å²) in [7, 11) is 0. The predicted octanol–water partition coefficient (Wildman–Crippen LogP) is 5.83. The summed E-state index contributed by atoms with van der Waals surface area (Å²) in [6, 6.07) is 5.08. The van der Waals surface area contributed by atoms with Gasteiger partial charge in [-0.2, -0.15) is 0 Å². The molecule has 29 heavy (non-hydrogen) atoms. The molecule has 5 nitrogen and oxygen atoms in total. The molecule has 0 unspecified atom stereocenters. The number of aromatic nitrogens is 2. The number of aromatic amines is 1. The fourth-order valence-corrected chi connectivity index (χ4v) is 3.60. The molecule has 0 saturated heterocycles. The summed E-state index contributed by atoms with van der Waals surface area (Å²) in [6.45, 7) is 6.19. The minimum Gasteiger partial charge on any atom is -0.508 e. The number of aromatic hydroxyl groups is 1. The van der Waals surface area contributed by atoms with Crippen molar-refractivity contribution in [3.63, 3.8) is 0 Å². The number of phenols is 1. The van der Waals surface area contributed by atoms with E-state index in [0.717, 1.165) is 34.2 Å². The van der Waals surface area contributed by atoms with Crippen LogP contribution in [0.25, 0.3) is 16.5 Å². The summed E-state index contributed by atoms with van der Waals surface area (Å²) in [5.74, 6) is 0.0346. The minimum absolute atomic E-state index is 0.145. The molecule has 0 bridgehead atoms. The van der Waals surface area contributed by atoms with Gasteiger partial charge in [0, 0.05) is 28.1 Å². The number of carbonyl (C=O) groups is 1. The van der Waals surface area contributed by atoms with E-state index in [1.165, 1.54) is 16.9 Å². The fraction of sp³-hybridized carbons (Fsp3) is 0.217. The largest absolute Gasteiger partial charge is 0.508 e. The van der Waals surface area contributed by atoms with Gasteiger partial charge in [-0.3, -0.25) is 4.79 Å². The second-order valence-corrected chi connectivity index (χ2v) is 7.65. The van der Waals surface area contributed by atoms with Crippen molar-refractivity contribution in [2.45, 2.75) is 33.6 Å². The molecule has 0 atom stereocenters. The van der Waals surface area contributed by atoms with Gasteiger partial charge in [0.25, 0.3) is 0 Å². The van der Waals surface area contributed by atoms with Crippen molar-refractivity contribution in [1.82, 2.24) is 9.97 Å². The Kier molecular flexibility index (Phi) is 6.67. The standard InChI is InChI=1S/C23H25N3O2S/c1-4-6-16(8-7-15(3)5-2)21-14-29-23(25-21)26-22(28)11-17-13-24-20-10-9-18(27)12-19(17)20/h4,6-10,12-14,24,27H,5,11H2,1-3H3,(H,25,26,28)/b6-4-,15-7?,16-8+. The second-order valence-electron chi connectivity index (χ2n) is 6.80. The topological polar surface area (TPSA) is 78.0 Å². The number of benzene rings is 1. The van der Waals surface area contributed by atoms with Crippen LogP contribution in [0.2, 0.25) is 0 Å². The van der Waals surface area contributed by atoms with E-state index in [1.807, 2.05) is 24.5 Å². The van der Waals surface area contributed by atoms with Crippen LogP contribution in [0, 0.1) is 0 Å². The number of rotatable bonds is 7. The highest BCUT2D eigenvalue weighted by Gasteiger charge is 2.12. The molecule has 0 radical (unpaired) electrons. The smallest absolute Gasteiger partial charge is 0.230 e. The van der Waals surface area contributed by atoms with E-state index in [0.29, 0.717) is 5.13 Å². The van der Waals surface area contributed by atoms with Crippen LogP contribution in [-0.4, -0.2) is 21.0 Å². The van der Waals surface area contributed by atoms with Crippen LogP contribution >= 0.6 is 11.3 Å². The van der Waals surface area contributed by atoms with Crippen LogP contribution in [0.5, 0.6) is 5.75 Å². The van der Waals surface area contributed by atoms with Gasteiger partial charge in [-0.1, -0.05) is 36.8 Å². The monoisotopic (exact) mass is 407 g/mol. The van der Waals surface area contributed by atoms with Crippen molar-refractivity contribution in [1.29, 1.82) is 0 Å². The Hall–Kier alpha value is -3.12. The van der Waals surface area contributed by atoms with Crippen LogP contribution in [0.3, 0.4) is 0 Å². The van der Waals surface area contributed by atoms with Gasteiger partial charge in [-0.05, 0) is 44.0 Å². The molecule has 1 aromatic carbocycles. The van der Waals surface area contributed by atoms with E-state index < -0.39 is 0 Å². The van der Waals surface area contributed by atoms with Crippen LogP contribution in [0.4, 0.5) is 5.13 Å². The summed E-state index contributed by atoms with van der Waals surface area (Å²) in [4.78, 5) is 20.2. The fourth-order valence-electron chi connectivity index (χ4n) is 2.87. The number of H-pyrrole nitrogens is 1. The first-order valence-corrected chi connectivity index (χ1v) is 10.4. The molecular weight excluding hydrogens is 382 g/mol. The zero-order valence-corrected chi connectivity index (χ0v) is 17.6. The number of nitrogens with one attached hydrogen (secondary N) is 2. The third kappa shape index (κ3) is 5.23. The maximum atomic E-state index is 12.5. The molecule has 0 aliphatic rings. The van der Waals surface area contributed by atoms with E-state index in [-0.39, 0.29) is 18.1 Å². The number of nitrogens with zero attached hydrogens (tertiary/aromatic N) is 1. The van der Waals surface area contributed by atoms with Crippen LogP contribution < -0.4 is 5.32 Å². The van der Waals surface area contributed by atoms with Crippen molar-refractivity contribution in [3.05, 3.63) is 70.9 Å². The average Bonchev–Trinajstić information content (AvgIpc) is 3.32. The SMILES string of the molecule is C/C=C\C(=C/C=C(C)CC)c1csc(NC(=O)Cc2c[nH]c3ccc(O)cc23)n1. The van der Waals surface area contributed by atoms with Crippen molar-refractivity contribution in [2.75, 3.05) is 5.32 Å². The lowest BCUT2D eigenvalue weighted by molar-refractivity contribution is -0.115. The van der Waals surface area contributed by atoms with Gasteiger partial charge in [0.1, 0.15) is 5.75 Å². The second kappa shape index (κ2) is 9.39. The lowest BCUT2D eigenvalue weighted by atomic mass is 10.1. The first kappa shape index (κ1) is 20.6. The summed E-state index contributed by atoms with van der Waals surface area (Å²) in [5.41, 5.74) is 4.85. The number of thiazole rings is 1. The highest BCUT2D eigenvalue weighted by atomic mass is 32.1. The summed E-state index contributed by atoms with van der Waals surface area (Å²) in [5, 5.41) is 15.9. The van der Waals surface area contributed by atoms with Gasteiger partial charge in [0.05, 0.1) is 12.1 Å². The lowest BCUT2D eigenvalue weighted by Gasteiger charge is -2.02. The number of allylic oxidation sites excluding steroid dienone is 6. The highest BCUT2D eigenvalue weighted by Crippen LogP contribution is 2.25. The van der Waals surface area contributed by atoms with Crippen molar-refractivity contribution in [2.24, 2.45) is 0 Å². The molecule has 3 N–H and O–H groups in total. The Morgan fingerprint density at radius 3 is 2.93 bits per heavy atom. The first-order chi connectivity index (χ1) is 14.0. The maximum Gasteiger partial charge on any atom is 0.230 e. The Balaban J connectivity index is 1.73. The van der Waals surface area contributed by atoms with Crippen LogP contribution in [0.1, 0.15) is 38.4 Å². The maximum absolute atomic E-state index is 12.5. The molecule has 0 aliphatic heterocycles. The number of hydrogen-bond acceptors (Lipinski definition) is 4. The van der Waals surface area contributed by atoms with Gasteiger partial charge < -0.3 is 15.4 Å². The number of carbonyl (C=O) groups excluding carboxylic acids is 1. The van der Waals surface area contributed by atoms with E-state index in [1.54, 1.807) is 24.4 Å². The molecule has 6 heteroatoms. The van der Waals surface area contributed by atoms with E-state index in [4.69, 9.17) is 0 Å². The normalized spacial score (nSPS) is 12.8. The molecule has 2 heterocycles. The Bertz CT molecular complexity index is 1100. The van der Waals surface area contributed by atoms with Crippen LogP contribution in [0.15, 0.2) is 59.7 Å². The van der Waals surface area contributed by atoms with Crippen LogP contribution in [-0.2, 0) is 11.2 Å². The minimum atomic E-state index is -0.145. The molecule has 0 fully saturated rings. The molecule has 3 rings (SSSR count). The van der Waals surface area contributed by atoms with E-state index >= 15 is 0 Å². The highest BCUT2D eigenvalue weighted by molar-refractivity contribution is 7.14. The third-order valence-corrected chi connectivity index (χ3v) is 5.36. The van der Waals surface area contributed by atoms with Gasteiger partial charge >= 0.3 is 0 Å². The average molecular weight is 408 g/mol. The molecular formula is C23H25N3O2S. The number of anilines is 1.